The minimum atomic E-state index is -1.84. The lowest BCUT2D eigenvalue weighted by Crippen LogP contribution is -2.41. The quantitative estimate of drug-likeness (QED) is 0.326. The number of ketones is 1. The molecule has 0 spiro atoms. The summed E-state index contributed by atoms with van der Waals surface area (Å²) in [5, 5.41) is 0.696. The van der Waals surface area contributed by atoms with Gasteiger partial charge in [0.25, 0.3) is 6.29 Å². The fraction of sp³-hybridized carbons (Fsp3) is 0.435. The van der Waals surface area contributed by atoms with E-state index in [0.29, 0.717) is 29.2 Å². The summed E-state index contributed by atoms with van der Waals surface area (Å²) >= 11 is 7.75. The maximum Gasteiger partial charge on any atom is 0.275 e. The van der Waals surface area contributed by atoms with E-state index in [4.69, 9.17) is 25.5 Å². The molecule has 3 rings (SSSR count). The molecule has 0 amide bonds. The Kier molecular flexibility index (Phi) is 6.82. The molecule has 7 heteroatoms. The van der Waals surface area contributed by atoms with Crippen molar-refractivity contribution in [2.75, 3.05) is 6.61 Å². The van der Waals surface area contributed by atoms with Crippen molar-refractivity contribution in [3.63, 3.8) is 0 Å². The van der Waals surface area contributed by atoms with Gasteiger partial charge in [0.1, 0.15) is 12.5 Å². The Morgan fingerprint density at radius 1 is 1.17 bits per heavy atom. The summed E-state index contributed by atoms with van der Waals surface area (Å²) in [4.78, 5) is 15.2. The fourth-order valence-corrected chi connectivity index (χ4v) is 5.19. The predicted molar refractivity (Wildman–Crippen MR) is 125 cm³/mol. The van der Waals surface area contributed by atoms with Crippen molar-refractivity contribution >= 4 is 37.0 Å². The molecule has 2 heterocycles. The predicted octanol–water partition coefficient (Wildman–Crippen LogP) is 7.02. The van der Waals surface area contributed by atoms with Gasteiger partial charge in [0.2, 0.25) is 0 Å². The first-order valence-corrected chi connectivity index (χ1v) is 14.1. The molecular formula is C23H29ClO4SSi. The van der Waals surface area contributed by atoms with Crippen LogP contribution in [0.25, 0.3) is 0 Å². The van der Waals surface area contributed by atoms with Crippen molar-refractivity contribution in [3.8, 4) is 0 Å². The molecule has 2 aromatic rings. The van der Waals surface area contributed by atoms with Crippen molar-refractivity contribution in [1.82, 2.24) is 0 Å². The van der Waals surface area contributed by atoms with Gasteiger partial charge in [-0.25, -0.2) is 0 Å². The van der Waals surface area contributed by atoms with Crippen LogP contribution in [-0.4, -0.2) is 20.7 Å². The molecule has 162 valence electrons. The third-order valence-electron chi connectivity index (χ3n) is 5.83. The smallest absolute Gasteiger partial charge is 0.275 e. The average Bonchev–Trinajstić information content (AvgIpc) is 3.31. The number of rotatable bonds is 7. The van der Waals surface area contributed by atoms with Crippen LogP contribution in [0.3, 0.4) is 0 Å². The number of halogens is 1. The topological polar surface area (TPSA) is 44.8 Å². The zero-order valence-corrected chi connectivity index (χ0v) is 20.9. The van der Waals surface area contributed by atoms with Crippen LogP contribution in [0.5, 0.6) is 0 Å². The number of benzene rings is 1. The molecule has 0 atom stereocenters. The number of thiophene rings is 1. The van der Waals surface area contributed by atoms with E-state index in [-0.39, 0.29) is 10.8 Å². The summed E-state index contributed by atoms with van der Waals surface area (Å²) in [7, 11) is -1.84. The van der Waals surface area contributed by atoms with Gasteiger partial charge in [-0.1, -0.05) is 38.4 Å². The van der Waals surface area contributed by atoms with E-state index < -0.39 is 14.6 Å². The number of hydrogen-bond acceptors (Lipinski definition) is 5. The van der Waals surface area contributed by atoms with Crippen molar-refractivity contribution in [1.29, 1.82) is 0 Å². The van der Waals surface area contributed by atoms with Crippen LogP contribution in [0.2, 0.25) is 23.2 Å². The van der Waals surface area contributed by atoms with Gasteiger partial charge >= 0.3 is 0 Å². The van der Waals surface area contributed by atoms with Gasteiger partial charge in [0.15, 0.2) is 14.1 Å². The van der Waals surface area contributed by atoms with Crippen molar-refractivity contribution < 1.29 is 18.7 Å². The lowest BCUT2D eigenvalue weighted by molar-refractivity contribution is -0.0216. The molecule has 30 heavy (non-hydrogen) atoms. The van der Waals surface area contributed by atoms with Crippen LogP contribution in [0.1, 0.15) is 58.3 Å². The van der Waals surface area contributed by atoms with Crippen LogP contribution in [-0.2, 0) is 20.3 Å². The standard InChI is InChI=1S/C23H29ClO4SSi/c1-15-18(14-20(29-15)22-26-11-12-27-22)21(25)19-13-17(24)8-7-16(19)9-10-28-30(5,6)23(2,3)4/h7-8,11-14,22H,9-10H2,1-6H3. The van der Waals surface area contributed by atoms with Crippen molar-refractivity contribution in [3.05, 3.63) is 68.3 Å². The maximum absolute atomic E-state index is 13.4. The Labute approximate surface area is 188 Å². The van der Waals surface area contributed by atoms with Gasteiger partial charge in [0.05, 0.1) is 4.88 Å². The van der Waals surface area contributed by atoms with Crippen LogP contribution in [0, 0.1) is 6.92 Å². The van der Waals surface area contributed by atoms with Gasteiger partial charge in [-0.3, -0.25) is 4.79 Å². The fourth-order valence-electron chi connectivity index (χ4n) is 2.98. The van der Waals surface area contributed by atoms with E-state index in [0.717, 1.165) is 15.3 Å². The second kappa shape index (κ2) is 8.87. The van der Waals surface area contributed by atoms with Crippen LogP contribution in [0.15, 0.2) is 36.8 Å². The van der Waals surface area contributed by atoms with Gasteiger partial charge in [-0.05, 0) is 55.2 Å². The Balaban J connectivity index is 1.81. The lowest BCUT2D eigenvalue weighted by Gasteiger charge is -2.36. The molecule has 1 aliphatic heterocycles. The zero-order valence-electron chi connectivity index (χ0n) is 18.4. The summed E-state index contributed by atoms with van der Waals surface area (Å²) in [5.41, 5.74) is 2.23. The largest absolute Gasteiger partial charge is 0.454 e. The molecule has 1 aliphatic rings. The van der Waals surface area contributed by atoms with Gasteiger partial charge in [-0.2, -0.15) is 0 Å². The van der Waals surface area contributed by atoms with Crippen LogP contribution in [0.4, 0.5) is 0 Å². The average molecular weight is 465 g/mol. The number of carbonyl (C=O) groups excluding carboxylic acids is 1. The minimum absolute atomic E-state index is 0.0363. The van der Waals surface area contributed by atoms with E-state index in [1.807, 2.05) is 25.1 Å². The normalized spacial score (nSPS) is 14.6. The first-order valence-electron chi connectivity index (χ1n) is 10.0. The van der Waals surface area contributed by atoms with E-state index in [9.17, 15) is 4.79 Å². The molecule has 0 N–H and O–H groups in total. The highest BCUT2D eigenvalue weighted by molar-refractivity contribution is 7.12. The summed E-state index contributed by atoms with van der Waals surface area (Å²) in [6.45, 7) is 13.7. The maximum atomic E-state index is 13.4. The third-order valence-corrected chi connectivity index (χ3v) is 11.7. The number of ether oxygens (including phenoxy) is 2. The Morgan fingerprint density at radius 3 is 2.47 bits per heavy atom. The molecule has 0 saturated heterocycles. The molecule has 0 radical (unpaired) electrons. The molecule has 0 fully saturated rings. The third kappa shape index (κ3) is 4.99. The second-order valence-corrected chi connectivity index (χ2v) is 15.5. The van der Waals surface area contributed by atoms with E-state index in [2.05, 4.69) is 33.9 Å². The molecule has 0 bridgehead atoms. The minimum Gasteiger partial charge on any atom is -0.454 e. The Hall–Kier alpha value is -1.60. The summed E-state index contributed by atoms with van der Waals surface area (Å²) < 4.78 is 17.1. The van der Waals surface area contributed by atoms with E-state index in [1.165, 1.54) is 23.9 Å². The summed E-state index contributed by atoms with van der Waals surface area (Å²) in [6, 6.07) is 7.38. The Bertz CT molecular complexity index is 951. The SMILES string of the molecule is Cc1sc(C2OC=CO2)cc1C(=O)c1cc(Cl)ccc1CCO[Si](C)(C)C(C)(C)C. The van der Waals surface area contributed by atoms with Gasteiger partial charge in [-0.15, -0.1) is 11.3 Å². The summed E-state index contributed by atoms with van der Waals surface area (Å²) in [5.74, 6) is -0.0363. The second-order valence-electron chi connectivity index (χ2n) is 8.98. The molecule has 0 saturated carbocycles. The van der Waals surface area contributed by atoms with Crippen molar-refractivity contribution in [2.24, 2.45) is 0 Å². The highest BCUT2D eigenvalue weighted by Gasteiger charge is 2.37. The van der Waals surface area contributed by atoms with Gasteiger partial charge < -0.3 is 13.9 Å². The summed E-state index contributed by atoms with van der Waals surface area (Å²) in [6.07, 6.45) is 3.21. The highest BCUT2D eigenvalue weighted by atomic mass is 35.5. The first-order chi connectivity index (χ1) is 14.0. The van der Waals surface area contributed by atoms with Crippen LogP contribution < -0.4 is 0 Å². The lowest BCUT2D eigenvalue weighted by atomic mass is 9.97. The molecule has 0 aliphatic carbocycles. The number of aryl methyl sites for hydroxylation is 1. The monoisotopic (exact) mass is 464 g/mol. The van der Waals surface area contributed by atoms with Gasteiger partial charge in [0, 0.05) is 27.6 Å². The molecule has 0 unspecified atom stereocenters. The van der Waals surface area contributed by atoms with E-state index >= 15 is 0 Å². The van der Waals surface area contributed by atoms with Crippen molar-refractivity contribution in [2.45, 2.75) is 58.5 Å². The Morgan fingerprint density at radius 2 is 1.83 bits per heavy atom. The molecular weight excluding hydrogens is 436 g/mol. The van der Waals surface area contributed by atoms with Crippen LogP contribution >= 0.6 is 22.9 Å². The number of hydrogen-bond donors (Lipinski definition) is 0. The zero-order chi connectivity index (χ0) is 22.1. The highest BCUT2D eigenvalue weighted by Crippen LogP contribution is 2.37. The molecule has 4 nitrogen and oxygen atoms in total. The molecule has 1 aromatic heterocycles. The molecule has 1 aromatic carbocycles. The first kappa shape index (κ1) is 23.1. The van der Waals surface area contributed by atoms with E-state index in [1.54, 1.807) is 6.07 Å². The number of carbonyl (C=O) groups is 1.